The Morgan fingerprint density at radius 1 is 1.42 bits per heavy atom. The Labute approximate surface area is 113 Å². The molecule has 19 heavy (non-hydrogen) atoms. The van der Waals surface area contributed by atoms with E-state index in [1.807, 2.05) is 42.6 Å². The molecule has 0 aromatic carbocycles. The van der Waals surface area contributed by atoms with Gasteiger partial charge in [-0.25, -0.2) is 9.97 Å². The van der Waals surface area contributed by atoms with E-state index >= 15 is 0 Å². The number of rotatable bonds is 6. The van der Waals surface area contributed by atoms with Crippen molar-refractivity contribution in [1.29, 1.82) is 0 Å². The minimum Gasteiger partial charge on any atom is -0.388 e. The van der Waals surface area contributed by atoms with Crippen LogP contribution in [0, 0.1) is 0 Å². The van der Waals surface area contributed by atoms with E-state index < -0.39 is 5.60 Å². The van der Waals surface area contributed by atoms with Gasteiger partial charge in [-0.15, -0.1) is 0 Å². The van der Waals surface area contributed by atoms with E-state index in [2.05, 4.69) is 15.3 Å². The van der Waals surface area contributed by atoms with E-state index in [9.17, 15) is 5.11 Å². The van der Waals surface area contributed by atoms with Gasteiger partial charge in [-0.1, -0.05) is 0 Å². The Kier molecular flexibility index (Phi) is 4.14. The number of imidazole rings is 1. The number of nitrogens with zero attached hydrogens (tertiary/aromatic N) is 4. The second kappa shape index (κ2) is 5.64. The van der Waals surface area contributed by atoms with Gasteiger partial charge in [-0.2, -0.15) is 0 Å². The van der Waals surface area contributed by atoms with Gasteiger partial charge in [0.1, 0.15) is 0 Å². The van der Waals surface area contributed by atoms with Crippen LogP contribution in [0.4, 0.5) is 0 Å². The van der Waals surface area contributed by atoms with Crippen molar-refractivity contribution in [1.82, 2.24) is 24.6 Å². The molecule has 0 bridgehead atoms. The lowest BCUT2D eigenvalue weighted by Crippen LogP contribution is -2.45. The van der Waals surface area contributed by atoms with Gasteiger partial charge in [0.25, 0.3) is 0 Å². The van der Waals surface area contributed by atoms with Crippen molar-refractivity contribution in [3.63, 3.8) is 0 Å². The molecule has 0 amide bonds. The fraction of sp³-hybridized carbons (Fsp3) is 0.538. The Hall–Kier alpha value is -1.50. The SMILES string of the molecule is CN(C)CC(C)(O)CNCc1cnc2ncccn12. The number of nitrogens with one attached hydrogen (secondary N) is 1. The summed E-state index contributed by atoms with van der Waals surface area (Å²) in [6.07, 6.45) is 5.46. The zero-order valence-electron chi connectivity index (χ0n) is 11.7. The monoisotopic (exact) mass is 263 g/mol. The Morgan fingerprint density at radius 3 is 2.95 bits per heavy atom. The third-order valence-corrected chi connectivity index (χ3v) is 2.83. The summed E-state index contributed by atoms with van der Waals surface area (Å²) < 4.78 is 1.94. The highest BCUT2D eigenvalue weighted by Gasteiger charge is 2.20. The van der Waals surface area contributed by atoms with Crippen molar-refractivity contribution >= 4 is 5.78 Å². The van der Waals surface area contributed by atoms with Crippen molar-refractivity contribution in [3.8, 4) is 0 Å². The molecule has 0 aliphatic heterocycles. The van der Waals surface area contributed by atoms with Crippen LogP contribution in [0.25, 0.3) is 5.78 Å². The van der Waals surface area contributed by atoms with Crippen molar-refractivity contribution in [2.45, 2.75) is 19.1 Å². The smallest absolute Gasteiger partial charge is 0.233 e. The van der Waals surface area contributed by atoms with Crippen molar-refractivity contribution in [3.05, 3.63) is 30.4 Å². The first-order valence-electron chi connectivity index (χ1n) is 6.33. The Morgan fingerprint density at radius 2 is 2.21 bits per heavy atom. The molecule has 1 unspecified atom stereocenters. The highest BCUT2D eigenvalue weighted by atomic mass is 16.3. The average Bonchev–Trinajstić information content (AvgIpc) is 2.71. The lowest BCUT2D eigenvalue weighted by molar-refractivity contribution is 0.0335. The first-order chi connectivity index (χ1) is 8.98. The molecular weight excluding hydrogens is 242 g/mol. The number of hydrogen-bond acceptors (Lipinski definition) is 5. The second-order valence-electron chi connectivity index (χ2n) is 5.38. The molecule has 2 N–H and O–H groups in total. The normalized spacial score (nSPS) is 15.0. The molecule has 104 valence electrons. The van der Waals surface area contributed by atoms with Gasteiger partial charge in [0.15, 0.2) is 0 Å². The number of likely N-dealkylation sites (N-methyl/N-ethyl adjacent to an activating group) is 1. The van der Waals surface area contributed by atoms with Gasteiger partial charge in [0, 0.05) is 32.0 Å². The van der Waals surface area contributed by atoms with Gasteiger partial charge in [-0.05, 0) is 27.1 Å². The molecule has 0 radical (unpaired) electrons. The third-order valence-electron chi connectivity index (χ3n) is 2.83. The zero-order valence-corrected chi connectivity index (χ0v) is 11.7. The maximum absolute atomic E-state index is 10.2. The van der Waals surface area contributed by atoms with E-state index in [-0.39, 0.29) is 0 Å². The molecule has 6 heteroatoms. The van der Waals surface area contributed by atoms with E-state index in [4.69, 9.17) is 0 Å². The van der Waals surface area contributed by atoms with E-state index in [0.29, 0.717) is 25.4 Å². The molecule has 6 nitrogen and oxygen atoms in total. The minimum absolute atomic E-state index is 0.526. The van der Waals surface area contributed by atoms with Crippen LogP contribution in [0.5, 0.6) is 0 Å². The summed E-state index contributed by atoms with van der Waals surface area (Å²) in [4.78, 5) is 10.4. The lowest BCUT2D eigenvalue weighted by Gasteiger charge is -2.27. The first kappa shape index (κ1) is 13.9. The van der Waals surface area contributed by atoms with Crippen molar-refractivity contribution < 1.29 is 5.11 Å². The first-order valence-corrected chi connectivity index (χ1v) is 6.33. The highest BCUT2D eigenvalue weighted by molar-refractivity contribution is 5.30. The summed E-state index contributed by atoms with van der Waals surface area (Å²) in [6.45, 7) is 3.62. The zero-order chi connectivity index (χ0) is 13.9. The molecular formula is C13H21N5O. The summed E-state index contributed by atoms with van der Waals surface area (Å²) in [5.74, 6) is 0.694. The van der Waals surface area contributed by atoms with Crippen LogP contribution in [0.15, 0.2) is 24.7 Å². The van der Waals surface area contributed by atoms with Crippen LogP contribution in [0.1, 0.15) is 12.6 Å². The predicted octanol–water partition coefficient (Wildman–Crippen LogP) is 0.131. The number of hydrogen-bond donors (Lipinski definition) is 2. The molecule has 2 heterocycles. The maximum atomic E-state index is 10.2. The van der Waals surface area contributed by atoms with Crippen LogP contribution < -0.4 is 5.32 Å². The van der Waals surface area contributed by atoms with Crippen LogP contribution in [-0.2, 0) is 6.54 Å². The molecule has 0 saturated heterocycles. The number of fused-ring (bicyclic) bond motifs is 1. The molecule has 0 fully saturated rings. The second-order valence-corrected chi connectivity index (χ2v) is 5.38. The molecule has 0 aliphatic rings. The summed E-state index contributed by atoms with van der Waals surface area (Å²) in [5.41, 5.74) is 0.283. The van der Waals surface area contributed by atoms with Crippen molar-refractivity contribution in [2.75, 3.05) is 27.2 Å². The summed E-state index contributed by atoms with van der Waals surface area (Å²) >= 11 is 0. The number of aliphatic hydroxyl groups is 1. The largest absolute Gasteiger partial charge is 0.388 e. The fourth-order valence-corrected chi connectivity index (χ4v) is 2.21. The average molecular weight is 263 g/mol. The molecule has 1 atom stereocenters. The fourth-order valence-electron chi connectivity index (χ4n) is 2.21. The molecule has 2 aromatic heterocycles. The van der Waals surface area contributed by atoms with Crippen LogP contribution >= 0.6 is 0 Å². The van der Waals surface area contributed by atoms with Gasteiger partial charge < -0.3 is 15.3 Å². The maximum Gasteiger partial charge on any atom is 0.233 e. The van der Waals surface area contributed by atoms with E-state index in [0.717, 1.165) is 5.69 Å². The Balaban J connectivity index is 1.92. The summed E-state index contributed by atoms with van der Waals surface area (Å²) in [6, 6.07) is 1.88. The molecule has 2 aromatic rings. The van der Waals surface area contributed by atoms with Crippen LogP contribution in [0.2, 0.25) is 0 Å². The van der Waals surface area contributed by atoms with Crippen LogP contribution in [-0.4, -0.2) is 57.2 Å². The highest BCUT2D eigenvalue weighted by Crippen LogP contribution is 2.05. The topological polar surface area (TPSA) is 65.7 Å². The summed E-state index contributed by atoms with van der Waals surface area (Å²) in [5, 5.41) is 13.4. The van der Waals surface area contributed by atoms with Crippen LogP contribution in [0.3, 0.4) is 0 Å². The van der Waals surface area contributed by atoms with E-state index in [1.165, 1.54) is 0 Å². The Bertz CT molecular complexity index is 535. The van der Waals surface area contributed by atoms with Gasteiger partial charge in [0.2, 0.25) is 5.78 Å². The molecule has 0 saturated carbocycles. The number of aromatic nitrogens is 3. The standard InChI is InChI=1S/C13H21N5O/c1-13(19,10-17(2)3)9-14-7-11-8-16-12-15-5-4-6-18(11)12/h4-6,8,14,19H,7,9-10H2,1-3H3. The molecule has 0 aliphatic carbocycles. The van der Waals surface area contributed by atoms with E-state index in [1.54, 1.807) is 12.4 Å². The third kappa shape index (κ3) is 3.73. The minimum atomic E-state index is -0.748. The molecule has 0 spiro atoms. The van der Waals surface area contributed by atoms with Gasteiger partial charge in [-0.3, -0.25) is 4.40 Å². The van der Waals surface area contributed by atoms with Gasteiger partial charge in [0.05, 0.1) is 17.5 Å². The quantitative estimate of drug-likeness (QED) is 0.775. The predicted molar refractivity (Wildman–Crippen MR) is 73.9 cm³/mol. The summed E-state index contributed by atoms with van der Waals surface area (Å²) in [7, 11) is 3.90. The lowest BCUT2D eigenvalue weighted by atomic mass is 10.1. The molecule has 2 rings (SSSR count). The van der Waals surface area contributed by atoms with Gasteiger partial charge >= 0.3 is 0 Å². The van der Waals surface area contributed by atoms with Crippen molar-refractivity contribution in [2.24, 2.45) is 0 Å².